The second-order valence-electron chi connectivity index (χ2n) is 5.23. The highest BCUT2D eigenvalue weighted by molar-refractivity contribution is 6.30. The van der Waals surface area contributed by atoms with Gasteiger partial charge in [-0.1, -0.05) is 23.7 Å². The van der Waals surface area contributed by atoms with Crippen molar-refractivity contribution >= 4 is 34.6 Å². The second-order valence-corrected chi connectivity index (χ2v) is 5.67. The molecule has 0 bridgehead atoms. The first-order valence-corrected chi connectivity index (χ1v) is 7.79. The van der Waals surface area contributed by atoms with Crippen LogP contribution in [0.1, 0.15) is 5.56 Å². The zero-order valence-corrected chi connectivity index (χ0v) is 14.5. The van der Waals surface area contributed by atoms with Crippen molar-refractivity contribution in [2.24, 2.45) is 0 Å². The Morgan fingerprint density at radius 2 is 1.89 bits per heavy atom. The van der Waals surface area contributed by atoms with Gasteiger partial charge in [-0.2, -0.15) is 18.4 Å². The Morgan fingerprint density at radius 1 is 1.21 bits per heavy atom. The molecule has 144 valence electrons. The van der Waals surface area contributed by atoms with Gasteiger partial charge in [-0.3, -0.25) is 14.9 Å². The molecule has 0 saturated carbocycles. The summed E-state index contributed by atoms with van der Waals surface area (Å²) in [5.41, 5.74) is -2.68. The molecule has 7 nitrogen and oxygen atoms in total. The van der Waals surface area contributed by atoms with E-state index < -0.39 is 39.5 Å². The smallest absolute Gasteiger partial charge is 0.360 e. The molecule has 2 aromatic rings. The first-order chi connectivity index (χ1) is 13.1. The van der Waals surface area contributed by atoms with Crippen molar-refractivity contribution in [1.82, 2.24) is 0 Å². The van der Waals surface area contributed by atoms with Gasteiger partial charge in [-0.25, -0.2) is 0 Å². The van der Waals surface area contributed by atoms with Crippen LogP contribution in [0.15, 0.2) is 54.2 Å². The molecule has 2 N–H and O–H groups in total. The van der Waals surface area contributed by atoms with Crippen molar-refractivity contribution in [3.05, 3.63) is 74.9 Å². The Morgan fingerprint density at radius 3 is 2.50 bits per heavy atom. The molecular weight excluding hydrogens is 401 g/mol. The zero-order chi connectivity index (χ0) is 20.9. The Labute approximate surface area is 161 Å². The molecule has 11 heteroatoms. The van der Waals surface area contributed by atoms with Crippen molar-refractivity contribution in [1.29, 1.82) is 5.26 Å². The number of nitro benzene ring substituents is 1. The molecule has 0 heterocycles. The summed E-state index contributed by atoms with van der Waals surface area (Å²) >= 11 is 5.58. The summed E-state index contributed by atoms with van der Waals surface area (Å²) in [6.07, 6.45) is -3.95. The fourth-order valence-electron chi connectivity index (χ4n) is 2.10. The van der Waals surface area contributed by atoms with Gasteiger partial charge < -0.3 is 10.6 Å². The molecule has 0 aromatic heterocycles. The molecule has 2 aromatic carbocycles. The molecule has 0 unspecified atom stereocenters. The van der Waals surface area contributed by atoms with Crippen LogP contribution >= 0.6 is 11.6 Å². The zero-order valence-electron chi connectivity index (χ0n) is 13.7. The molecule has 28 heavy (non-hydrogen) atoms. The van der Waals surface area contributed by atoms with Crippen LogP contribution in [0.3, 0.4) is 0 Å². The maximum Gasteiger partial charge on any atom is 0.418 e. The van der Waals surface area contributed by atoms with Gasteiger partial charge in [0, 0.05) is 17.3 Å². The van der Waals surface area contributed by atoms with Crippen LogP contribution in [0, 0.1) is 21.4 Å². The first kappa shape index (κ1) is 20.7. The molecule has 0 aliphatic heterocycles. The summed E-state index contributed by atoms with van der Waals surface area (Å²) in [7, 11) is 0. The van der Waals surface area contributed by atoms with E-state index in [1.54, 1.807) is 0 Å². The molecule has 0 fully saturated rings. The van der Waals surface area contributed by atoms with Gasteiger partial charge in [0.05, 0.1) is 16.2 Å². The van der Waals surface area contributed by atoms with E-state index >= 15 is 0 Å². The van der Waals surface area contributed by atoms with E-state index in [9.17, 15) is 28.1 Å². The number of hydrogen-bond acceptors (Lipinski definition) is 5. The van der Waals surface area contributed by atoms with Crippen molar-refractivity contribution in [3.8, 4) is 6.07 Å². The van der Waals surface area contributed by atoms with E-state index in [1.165, 1.54) is 30.3 Å². The molecule has 0 radical (unpaired) electrons. The number of alkyl halides is 3. The second kappa shape index (κ2) is 8.41. The molecular formula is C17H10ClF3N4O3. The fourth-order valence-corrected chi connectivity index (χ4v) is 2.28. The Hall–Kier alpha value is -3.58. The number of nitrogens with zero attached hydrogens (tertiary/aromatic N) is 2. The molecule has 0 aliphatic rings. The van der Waals surface area contributed by atoms with Gasteiger partial charge in [0.2, 0.25) is 0 Å². The predicted molar refractivity (Wildman–Crippen MR) is 95.5 cm³/mol. The van der Waals surface area contributed by atoms with Crippen LogP contribution in [0.4, 0.5) is 30.2 Å². The molecule has 0 spiro atoms. The summed E-state index contributed by atoms with van der Waals surface area (Å²) in [6, 6.07) is 9.66. The molecule has 2 rings (SSSR count). The summed E-state index contributed by atoms with van der Waals surface area (Å²) < 4.78 is 39.2. The van der Waals surface area contributed by atoms with E-state index in [0.29, 0.717) is 6.07 Å². The van der Waals surface area contributed by atoms with Gasteiger partial charge in [-0.15, -0.1) is 0 Å². The minimum Gasteiger partial charge on any atom is -0.360 e. The predicted octanol–water partition coefficient (Wildman–Crippen LogP) is 4.73. The van der Waals surface area contributed by atoms with E-state index in [-0.39, 0.29) is 10.7 Å². The summed E-state index contributed by atoms with van der Waals surface area (Å²) in [5.74, 6) is -1.04. The summed E-state index contributed by atoms with van der Waals surface area (Å²) in [6.45, 7) is 0. The van der Waals surface area contributed by atoms with Gasteiger partial charge in [0.25, 0.3) is 11.6 Å². The number of nitro groups is 1. The highest BCUT2D eigenvalue weighted by atomic mass is 35.5. The average molecular weight is 411 g/mol. The highest BCUT2D eigenvalue weighted by Gasteiger charge is 2.33. The lowest BCUT2D eigenvalue weighted by molar-refractivity contribution is -0.383. The third-order valence-corrected chi connectivity index (χ3v) is 3.61. The lowest BCUT2D eigenvalue weighted by Crippen LogP contribution is -2.16. The SMILES string of the molecule is N#C/C(=C/Nc1ccc(Cl)cc1C(F)(F)F)C(=O)Nc1ccccc1[N+](=O)[O-]. The average Bonchev–Trinajstić information content (AvgIpc) is 2.62. The van der Waals surface area contributed by atoms with Crippen molar-refractivity contribution in [2.75, 3.05) is 10.6 Å². The standard InChI is InChI=1S/C17H10ClF3N4O3/c18-11-5-6-13(12(7-11)17(19,20)21)23-9-10(8-22)16(26)24-14-3-1-2-4-15(14)25(27)28/h1-7,9,23H,(H,24,26)/b10-9-. The van der Waals surface area contributed by atoms with Gasteiger partial charge in [0.1, 0.15) is 17.3 Å². The van der Waals surface area contributed by atoms with Gasteiger partial charge >= 0.3 is 6.18 Å². The summed E-state index contributed by atoms with van der Waals surface area (Å²) in [4.78, 5) is 22.4. The van der Waals surface area contributed by atoms with Crippen LogP contribution in [0.2, 0.25) is 5.02 Å². The van der Waals surface area contributed by atoms with Crippen molar-refractivity contribution < 1.29 is 22.9 Å². The Kier molecular flexibility index (Phi) is 6.22. The van der Waals surface area contributed by atoms with Crippen LogP contribution < -0.4 is 10.6 Å². The van der Waals surface area contributed by atoms with Gasteiger partial charge in [0.15, 0.2) is 0 Å². The third-order valence-electron chi connectivity index (χ3n) is 3.37. The van der Waals surface area contributed by atoms with Crippen LogP contribution in [0.5, 0.6) is 0 Å². The lowest BCUT2D eigenvalue weighted by Gasteiger charge is -2.13. The number of para-hydroxylation sites is 2. The minimum absolute atomic E-state index is 0.142. The fraction of sp³-hybridized carbons (Fsp3) is 0.0588. The number of nitrogens with one attached hydrogen (secondary N) is 2. The van der Waals surface area contributed by atoms with E-state index in [1.807, 2.05) is 0 Å². The number of halogens is 4. The number of anilines is 2. The largest absolute Gasteiger partial charge is 0.418 e. The van der Waals surface area contributed by atoms with E-state index in [4.69, 9.17) is 16.9 Å². The summed E-state index contributed by atoms with van der Waals surface area (Å²) in [5, 5.41) is 24.3. The van der Waals surface area contributed by atoms with Crippen LogP contribution in [-0.4, -0.2) is 10.8 Å². The molecule has 1 amide bonds. The number of carbonyl (C=O) groups excluding carboxylic acids is 1. The maximum atomic E-state index is 13.1. The first-order valence-electron chi connectivity index (χ1n) is 7.42. The van der Waals surface area contributed by atoms with Gasteiger partial charge in [-0.05, 0) is 24.3 Å². The number of nitriles is 1. The quantitative estimate of drug-likeness (QED) is 0.321. The number of benzene rings is 2. The molecule has 0 aliphatic carbocycles. The lowest BCUT2D eigenvalue weighted by atomic mass is 10.1. The Bertz CT molecular complexity index is 1000. The van der Waals surface area contributed by atoms with E-state index in [0.717, 1.165) is 18.3 Å². The van der Waals surface area contributed by atoms with E-state index in [2.05, 4.69) is 10.6 Å². The monoisotopic (exact) mass is 410 g/mol. The number of carbonyl (C=O) groups is 1. The van der Waals surface area contributed by atoms with Crippen molar-refractivity contribution in [2.45, 2.75) is 6.18 Å². The topological polar surface area (TPSA) is 108 Å². The number of amides is 1. The van der Waals surface area contributed by atoms with Crippen molar-refractivity contribution in [3.63, 3.8) is 0 Å². The molecule has 0 atom stereocenters. The number of rotatable bonds is 5. The minimum atomic E-state index is -4.72. The van der Waals surface area contributed by atoms with Crippen LogP contribution in [0.25, 0.3) is 0 Å². The molecule has 0 saturated heterocycles. The highest BCUT2D eigenvalue weighted by Crippen LogP contribution is 2.36. The van der Waals surface area contributed by atoms with Crippen LogP contribution in [-0.2, 0) is 11.0 Å². The normalized spacial score (nSPS) is 11.5. The maximum absolute atomic E-state index is 13.1. The number of hydrogen-bond donors (Lipinski definition) is 2. The third kappa shape index (κ3) is 4.99. The Balaban J connectivity index is 2.28.